The van der Waals surface area contributed by atoms with Crippen molar-refractivity contribution in [1.29, 1.82) is 0 Å². The van der Waals surface area contributed by atoms with E-state index in [4.69, 9.17) is 0 Å². The topological polar surface area (TPSA) is 35.5 Å². The van der Waals surface area contributed by atoms with Crippen LogP contribution in [0.4, 0.5) is 0 Å². The van der Waals surface area contributed by atoms with Crippen LogP contribution in [-0.4, -0.2) is 11.6 Å². The summed E-state index contributed by atoms with van der Waals surface area (Å²) in [6.45, 7) is 11.2. The molecular formula is C12H26O3. The fraction of sp³-hybridized carbons (Fsp3) is 0.917. The summed E-state index contributed by atoms with van der Waals surface area (Å²) < 4.78 is 0. The minimum atomic E-state index is -0.426. The first kappa shape index (κ1) is 16.8. The summed E-state index contributed by atoms with van der Waals surface area (Å²) >= 11 is 0. The highest BCUT2D eigenvalue weighted by molar-refractivity contribution is 5.65. The van der Waals surface area contributed by atoms with Gasteiger partial charge in [-0.2, -0.15) is 4.89 Å². The summed E-state index contributed by atoms with van der Waals surface area (Å²) in [7, 11) is 0. The smallest absolute Gasteiger partial charge is 0.298 e. The molecule has 0 aromatic rings. The van der Waals surface area contributed by atoms with Gasteiger partial charge in [0.2, 0.25) is 0 Å². The van der Waals surface area contributed by atoms with E-state index in [1.807, 2.05) is 0 Å². The van der Waals surface area contributed by atoms with Gasteiger partial charge in [0.05, 0.1) is 0 Å². The van der Waals surface area contributed by atoms with E-state index in [1.54, 1.807) is 20.8 Å². The molecular weight excluding hydrogens is 192 g/mol. The molecule has 92 valence electrons. The Hall–Kier alpha value is -0.570. The first-order valence-corrected chi connectivity index (χ1v) is 5.69. The van der Waals surface area contributed by atoms with E-state index >= 15 is 0 Å². The summed E-state index contributed by atoms with van der Waals surface area (Å²) in [5.74, 6) is -0.426. The van der Waals surface area contributed by atoms with E-state index in [-0.39, 0.29) is 0 Å². The summed E-state index contributed by atoms with van der Waals surface area (Å²) in [4.78, 5) is 19.1. The zero-order valence-electron chi connectivity index (χ0n) is 11.1. The first-order chi connectivity index (χ1) is 6.83. The normalized spacial score (nSPS) is 10.3. The Kier molecular flexibility index (Phi) is 11.2. The van der Waals surface area contributed by atoms with E-state index in [9.17, 15) is 4.79 Å². The highest BCUT2D eigenvalue weighted by Gasteiger charge is 2.12. The quantitative estimate of drug-likeness (QED) is 0.408. The largest absolute Gasteiger partial charge is 0.339 e. The lowest BCUT2D eigenvalue weighted by Crippen LogP contribution is -2.20. The molecule has 0 aliphatic rings. The highest BCUT2D eigenvalue weighted by atomic mass is 17.2. The molecule has 0 heterocycles. The van der Waals surface area contributed by atoms with Crippen LogP contribution < -0.4 is 0 Å². The van der Waals surface area contributed by atoms with Crippen LogP contribution in [0.5, 0.6) is 0 Å². The Bertz CT molecular complexity index is 143. The van der Waals surface area contributed by atoms with Gasteiger partial charge in [-0.05, 0) is 20.8 Å². The summed E-state index contributed by atoms with van der Waals surface area (Å²) in [6.07, 6.45) is 5.54. The third kappa shape index (κ3) is 24.7. The van der Waals surface area contributed by atoms with Gasteiger partial charge >= 0.3 is 5.97 Å². The molecule has 3 nitrogen and oxygen atoms in total. The molecule has 3 heteroatoms. The van der Waals surface area contributed by atoms with E-state index in [0.29, 0.717) is 0 Å². The van der Waals surface area contributed by atoms with Crippen LogP contribution in [-0.2, 0) is 14.6 Å². The van der Waals surface area contributed by atoms with Gasteiger partial charge in [0.25, 0.3) is 0 Å². The van der Waals surface area contributed by atoms with Crippen LogP contribution >= 0.6 is 0 Å². The van der Waals surface area contributed by atoms with Crippen molar-refractivity contribution in [3.63, 3.8) is 0 Å². The molecule has 0 aliphatic carbocycles. The molecule has 0 atom stereocenters. The van der Waals surface area contributed by atoms with Crippen LogP contribution in [0.15, 0.2) is 0 Å². The second-order valence-electron chi connectivity index (χ2n) is 4.48. The molecule has 0 fully saturated rings. The molecule has 0 aromatic carbocycles. The number of carbonyl (C=O) groups excluding carboxylic acids is 1. The third-order valence-corrected chi connectivity index (χ3v) is 1.37. The summed E-state index contributed by atoms with van der Waals surface area (Å²) in [5, 5.41) is 0. The van der Waals surface area contributed by atoms with Gasteiger partial charge in [0.15, 0.2) is 0 Å². The molecule has 0 amide bonds. The first-order valence-electron chi connectivity index (χ1n) is 5.69. The minimum absolute atomic E-state index is 0.411. The molecule has 0 rings (SSSR count). The van der Waals surface area contributed by atoms with Crippen molar-refractivity contribution in [3.8, 4) is 0 Å². The molecule has 0 radical (unpaired) electrons. The zero-order valence-corrected chi connectivity index (χ0v) is 11.1. The van der Waals surface area contributed by atoms with Crippen molar-refractivity contribution < 1.29 is 14.6 Å². The Morgan fingerprint density at radius 1 is 1.07 bits per heavy atom. The molecule has 0 aromatic heterocycles. The Morgan fingerprint density at radius 2 is 1.47 bits per heavy atom. The van der Waals surface area contributed by atoms with Gasteiger partial charge in [-0.3, -0.25) is 4.89 Å². The van der Waals surface area contributed by atoms with Gasteiger partial charge < -0.3 is 0 Å². The molecule has 0 bridgehead atoms. The van der Waals surface area contributed by atoms with Crippen molar-refractivity contribution in [2.24, 2.45) is 0 Å². The van der Waals surface area contributed by atoms with E-state index in [2.05, 4.69) is 23.6 Å². The fourth-order valence-electron chi connectivity index (χ4n) is 0.684. The number of hydrogen-bond donors (Lipinski definition) is 0. The Labute approximate surface area is 94.1 Å². The molecule has 0 aliphatic heterocycles. The molecule has 0 spiro atoms. The third-order valence-electron chi connectivity index (χ3n) is 1.37. The van der Waals surface area contributed by atoms with Gasteiger partial charge in [-0.15, -0.1) is 0 Å². The van der Waals surface area contributed by atoms with E-state index in [1.165, 1.54) is 32.6 Å². The van der Waals surface area contributed by atoms with Crippen molar-refractivity contribution >= 4 is 5.97 Å². The summed E-state index contributed by atoms with van der Waals surface area (Å²) in [5.41, 5.74) is -0.411. The van der Waals surface area contributed by atoms with E-state index < -0.39 is 11.6 Å². The second-order valence-corrected chi connectivity index (χ2v) is 4.48. The second kappa shape index (κ2) is 9.97. The van der Waals surface area contributed by atoms with Crippen molar-refractivity contribution in [1.82, 2.24) is 0 Å². The van der Waals surface area contributed by atoms with Crippen LogP contribution in [0, 0.1) is 0 Å². The minimum Gasteiger partial charge on any atom is -0.298 e. The average molecular weight is 218 g/mol. The monoisotopic (exact) mass is 218 g/mol. The lowest BCUT2D eigenvalue weighted by atomic mass is 10.2. The fourth-order valence-corrected chi connectivity index (χ4v) is 0.684. The molecule has 0 N–H and O–H groups in total. The van der Waals surface area contributed by atoms with E-state index in [0.717, 1.165) is 0 Å². The molecule has 0 unspecified atom stereocenters. The lowest BCUT2D eigenvalue weighted by Gasteiger charge is -2.15. The van der Waals surface area contributed by atoms with Crippen molar-refractivity contribution in [3.05, 3.63) is 0 Å². The van der Waals surface area contributed by atoms with Crippen LogP contribution in [0.3, 0.4) is 0 Å². The average Bonchev–Trinajstić information content (AvgIpc) is 2.11. The molecule has 15 heavy (non-hydrogen) atoms. The van der Waals surface area contributed by atoms with Gasteiger partial charge in [0.1, 0.15) is 5.60 Å². The van der Waals surface area contributed by atoms with Gasteiger partial charge in [0, 0.05) is 6.92 Å². The predicted octanol–water partition coefficient (Wildman–Crippen LogP) is 3.87. The van der Waals surface area contributed by atoms with Crippen molar-refractivity contribution in [2.45, 2.75) is 72.8 Å². The maximum atomic E-state index is 10.1. The number of unbranched alkanes of at least 4 members (excludes halogenated alkanes) is 3. The maximum absolute atomic E-state index is 10.1. The Morgan fingerprint density at radius 3 is 1.60 bits per heavy atom. The Balaban J connectivity index is 0. The number of rotatable bonds is 4. The van der Waals surface area contributed by atoms with Gasteiger partial charge in [-0.1, -0.05) is 39.5 Å². The van der Waals surface area contributed by atoms with Crippen LogP contribution in [0.25, 0.3) is 0 Å². The molecule has 0 saturated carbocycles. The predicted molar refractivity (Wildman–Crippen MR) is 62.4 cm³/mol. The van der Waals surface area contributed by atoms with Gasteiger partial charge in [-0.25, -0.2) is 4.79 Å². The SMILES string of the molecule is CC(=O)OOC(C)(C)C.CCCCCC. The number of hydrogen-bond acceptors (Lipinski definition) is 3. The summed E-state index contributed by atoms with van der Waals surface area (Å²) in [6, 6.07) is 0. The highest BCUT2D eigenvalue weighted by Crippen LogP contribution is 2.06. The van der Waals surface area contributed by atoms with Crippen LogP contribution in [0.2, 0.25) is 0 Å². The number of carbonyl (C=O) groups is 1. The zero-order chi connectivity index (χ0) is 12.3. The lowest BCUT2D eigenvalue weighted by molar-refractivity contribution is -0.318. The maximum Gasteiger partial charge on any atom is 0.339 e. The van der Waals surface area contributed by atoms with Crippen LogP contribution in [0.1, 0.15) is 67.2 Å². The van der Waals surface area contributed by atoms with Crippen molar-refractivity contribution in [2.75, 3.05) is 0 Å². The molecule has 0 saturated heterocycles. The standard InChI is InChI=1S/C6H12O3.C6H14/c1-5(7)8-9-6(2,3)4;1-3-5-6-4-2/h1-4H3;3-6H2,1-2H3.